The number of fused-ring (bicyclic) bond motifs is 10. The molecular formula is C64H45N3. The Kier molecular flexibility index (Phi) is 8.16. The van der Waals surface area contributed by atoms with Gasteiger partial charge in [0, 0.05) is 69.5 Å². The standard InChI is InChI=1S/C64H45N3/c1-64(2)55-22-10-9-21-49(55)50-30-27-45(37-56(50)64)61-51-31-28-47(67-59-25-13-6-18-43(59)36-44-19-7-14-26-60(44)67)39-54(51)62(63-48-20-8-3-15-40(48)33-34-65-63)52-32-29-46(38-53(52)61)66-57-23-11-4-16-41(57)35-42-17-5-12-24-58(42)66/h3-34,37-39H,35-36H2,1-2H3. The lowest BCUT2D eigenvalue weighted by Gasteiger charge is -2.34. The predicted molar refractivity (Wildman–Crippen MR) is 280 cm³/mol. The molecule has 10 aromatic carbocycles. The highest BCUT2D eigenvalue weighted by Gasteiger charge is 2.36. The van der Waals surface area contributed by atoms with Crippen LogP contribution in [0.5, 0.6) is 0 Å². The number of aromatic nitrogens is 1. The summed E-state index contributed by atoms with van der Waals surface area (Å²) in [6, 6.07) is 77.1. The number of para-hydroxylation sites is 4. The smallest absolute Gasteiger partial charge is 0.0792 e. The molecule has 1 aliphatic carbocycles. The highest BCUT2D eigenvalue weighted by molar-refractivity contribution is 6.24. The van der Waals surface area contributed by atoms with Crippen molar-refractivity contribution in [1.82, 2.24) is 4.98 Å². The maximum atomic E-state index is 5.33. The number of hydrogen-bond acceptors (Lipinski definition) is 3. The van der Waals surface area contributed by atoms with Gasteiger partial charge in [-0.3, -0.25) is 4.98 Å². The molecule has 0 spiro atoms. The second-order valence-corrected chi connectivity index (χ2v) is 19.1. The Morgan fingerprint density at radius 3 is 1.49 bits per heavy atom. The van der Waals surface area contributed by atoms with Crippen LogP contribution in [0.1, 0.15) is 47.2 Å². The van der Waals surface area contributed by atoms with Crippen molar-refractivity contribution in [3.05, 3.63) is 246 Å². The Labute approximate surface area is 390 Å². The van der Waals surface area contributed by atoms with Crippen LogP contribution < -0.4 is 9.80 Å². The summed E-state index contributed by atoms with van der Waals surface area (Å²) in [5.74, 6) is 0. The summed E-state index contributed by atoms with van der Waals surface area (Å²) in [5.41, 5.74) is 22.3. The molecule has 3 nitrogen and oxygen atoms in total. The first-order valence-corrected chi connectivity index (χ1v) is 23.5. The van der Waals surface area contributed by atoms with Crippen LogP contribution >= 0.6 is 0 Å². The lowest BCUT2D eigenvalue weighted by molar-refractivity contribution is 0.660. The van der Waals surface area contributed by atoms with E-state index in [-0.39, 0.29) is 5.41 Å². The number of anilines is 6. The van der Waals surface area contributed by atoms with Crippen LogP contribution in [0.2, 0.25) is 0 Å². The second-order valence-electron chi connectivity index (χ2n) is 19.1. The molecule has 3 aliphatic rings. The minimum atomic E-state index is -0.158. The molecule has 0 unspecified atom stereocenters. The molecule has 0 atom stereocenters. The quantitative estimate of drug-likeness (QED) is 0.164. The molecular weight excluding hydrogens is 811 g/mol. The van der Waals surface area contributed by atoms with Gasteiger partial charge in [0.1, 0.15) is 0 Å². The number of benzene rings is 10. The summed E-state index contributed by atoms with van der Waals surface area (Å²) in [4.78, 5) is 10.3. The normalized spacial score (nSPS) is 14.1. The van der Waals surface area contributed by atoms with Crippen LogP contribution in [0.3, 0.4) is 0 Å². The van der Waals surface area contributed by atoms with Crippen molar-refractivity contribution in [1.29, 1.82) is 0 Å². The van der Waals surface area contributed by atoms with Crippen LogP contribution in [-0.4, -0.2) is 4.98 Å². The Morgan fingerprint density at radius 1 is 0.388 bits per heavy atom. The summed E-state index contributed by atoms with van der Waals surface area (Å²) in [6.07, 6.45) is 3.80. The summed E-state index contributed by atoms with van der Waals surface area (Å²) in [5, 5.41) is 7.06. The van der Waals surface area contributed by atoms with Crippen LogP contribution in [0.4, 0.5) is 34.1 Å². The van der Waals surface area contributed by atoms with Gasteiger partial charge in [-0.2, -0.15) is 0 Å². The predicted octanol–water partition coefficient (Wildman–Crippen LogP) is 16.9. The summed E-state index contributed by atoms with van der Waals surface area (Å²) in [6.45, 7) is 4.77. The highest BCUT2D eigenvalue weighted by Crippen LogP contribution is 2.54. The van der Waals surface area contributed by atoms with E-state index < -0.39 is 0 Å². The van der Waals surface area contributed by atoms with Gasteiger partial charge in [0.25, 0.3) is 0 Å². The average molecular weight is 856 g/mol. The van der Waals surface area contributed by atoms with E-state index in [0.29, 0.717) is 0 Å². The van der Waals surface area contributed by atoms with Gasteiger partial charge >= 0.3 is 0 Å². The molecule has 0 saturated carbocycles. The maximum Gasteiger partial charge on any atom is 0.0792 e. The molecule has 0 fully saturated rings. The largest absolute Gasteiger partial charge is 0.310 e. The first-order valence-electron chi connectivity index (χ1n) is 23.5. The zero-order valence-corrected chi connectivity index (χ0v) is 37.5. The van der Waals surface area contributed by atoms with Crippen molar-refractivity contribution in [3.8, 4) is 33.5 Å². The number of rotatable bonds is 4. The molecule has 1 aromatic heterocycles. The van der Waals surface area contributed by atoms with Crippen LogP contribution in [0.25, 0.3) is 65.8 Å². The van der Waals surface area contributed by atoms with Gasteiger partial charge in [-0.1, -0.05) is 159 Å². The van der Waals surface area contributed by atoms with Crippen LogP contribution in [0, 0.1) is 0 Å². The first-order chi connectivity index (χ1) is 33.0. The van der Waals surface area contributed by atoms with Crippen LogP contribution in [0.15, 0.2) is 212 Å². The maximum absolute atomic E-state index is 5.33. The Hall–Kier alpha value is -8.27. The fourth-order valence-electron chi connectivity index (χ4n) is 12.0. The number of hydrogen-bond donors (Lipinski definition) is 0. The van der Waals surface area contributed by atoms with Gasteiger partial charge in [0.2, 0.25) is 0 Å². The fourth-order valence-corrected chi connectivity index (χ4v) is 12.0. The average Bonchev–Trinajstić information content (AvgIpc) is 3.60. The minimum Gasteiger partial charge on any atom is -0.310 e. The van der Waals surface area contributed by atoms with Crippen molar-refractivity contribution in [3.63, 3.8) is 0 Å². The van der Waals surface area contributed by atoms with Gasteiger partial charge in [0.05, 0.1) is 5.69 Å². The summed E-state index contributed by atoms with van der Waals surface area (Å²) < 4.78 is 0. The third-order valence-corrected chi connectivity index (χ3v) is 15.1. The molecule has 67 heavy (non-hydrogen) atoms. The molecule has 3 heteroatoms. The van der Waals surface area contributed by atoms with E-state index in [1.807, 2.05) is 6.20 Å². The molecule has 3 heterocycles. The minimum absolute atomic E-state index is 0.158. The second kappa shape index (κ2) is 14.4. The Bertz CT molecular complexity index is 3780. The zero-order chi connectivity index (χ0) is 44.4. The Balaban J connectivity index is 1.11. The molecule has 0 N–H and O–H groups in total. The molecule has 2 aliphatic heterocycles. The van der Waals surface area contributed by atoms with E-state index in [2.05, 4.69) is 230 Å². The van der Waals surface area contributed by atoms with Gasteiger partial charge < -0.3 is 9.80 Å². The van der Waals surface area contributed by atoms with E-state index in [9.17, 15) is 0 Å². The van der Waals surface area contributed by atoms with Gasteiger partial charge in [0.15, 0.2) is 0 Å². The van der Waals surface area contributed by atoms with E-state index in [1.54, 1.807) is 0 Å². The molecule has 14 rings (SSSR count). The molecule has 0 amide bonds. The molecule has 0 bridgehead atoms. The van der Waals surface area contributed by atoms with E-state index in [4.69, 9.17) is 4.98 Å². The molecule has 316 valence electrons. The lowest BCUT2D eigenvalue weighted by Crippen LogP contribution is -2.18. The topological polar surface area (TPSA) is 19.4 Å². The van der Waals surface area contributed by atoms with Crippen molar-refractivity contribution < 1.29 is 0 Å². The first kappa shape index (κ1) is 38.0. The van der Waals surface area contributed by atoms with E-state index >= 15 is 0 Å². The molecule has 0 radical (unpaired) electrons. The van der Waals surface area contributed by atoms with Crippen LogP contribution in [-0.2, 0) is 18.3 Å². The number of pyridine rings is 1. The summed E-state index contributed by atoms with van der Waals surface area (Å²) >= 11 is 0. The van der Waals surface area contributed by atoms with Gasteiger partial charge in [-0.25, -0.2) is 0 Å². The Morgan fingerprint density at radius 2 is 0.881 bits per heavy atom. The van der Waals surface area contributed by atoms with E-state index in [1.165, 1.54) is 105 Å². The van der Waals surface area contributed by atoms with Crippen molar-refractivity contribution in [2.24, 2.45) is 0 Å². The van der Waals surface area contributed by atoms with E-state index in [0.717, 1.165) is 40.9 Å². The third-order valence-electron chi connectivity index (χ3n) is 15.1. The van der Waals surface area contributed by atoms with Crippen molar-refractivity contribution in [2.45, 2.75) is 32.1 Å². The number of nitrogens with zero attached hydrogens (tertiary/aromatic N) is 3. The monoisotopic (exact) mass is 855 g/mol. The SMILES string of the molecule is CC1(C)c2ccccc2-c2ccc(-c3c4cc(N5c6ccccc6Cc6ccccc65)ccc4c(-c4nccc5ccccc45)c4cc(N5c6ccccc6Cc6ccccc65)ccc34)cc21. The van der Waals surface area contributed by atoms with Crippen molar-refractivity contribution in [2.75, 3.05) is 9.80 Å². The third kappa shape index (κ3) is 5.61. The summed E-state index contributed by atoms with van der Waals surface area (Å²) in [7, 11) is 0. The van der Waals surface area contributed by atoms with Crippen molar-refractivity contribution >= 4 is 66.4 Å². The highest BCUT2D eigenvalue weighted by atomic mass is 15.2. The van der Waals surface area contributed by atoms with Gasteiger partial charge in [-0.15, -0.1) is 0 Å². The lowest BCUT2D eigenvalue weighted by atomic mass is 9.80. The van der Waals surface area contributed by atoms with Gasteiger partial charge in [-0.05, 0) is 143 Å². The zero-order valence-electron chi connectivity index (χ0n) is 37.5. The molecule has 0 saturated heterocycles. The molecule has 11 aromatic rings. The fraction of sp³-hybridized carbons (Fsp3) is 0.0781.